The van der Waals surface area contributed by atoms with Crippen molar-refractivity contribution in [1.29, 1.82) is 0 Å². The summed E-state index contributed by atoms with van der Waals surface area (Å²) in [5, 5.41) is 10.0. The average Bonchev–Trinajstić information content (AvgIpc) is 2.75. The zero-order valence-corrected chi connectivity index (χ0v) is 13.3. The minimum absolute atomic E-state index is 0.233. The monoisotopic (exact) mass is 304 g/mol. The Balaban J connectivity index is 1.99. The first-order valence-electron chi connectivity index (χ1n) is 7.23. The first kappa shape index (κ1) is 16.0. The Hall–Kier alpha value is -2.37. The maximum Gasteiger partial charge on any atom is 0.319 e. The topological polar surface area (TPSA) is 59.0 Å². The van der Waals surface area contributed by atoms with E-state index in [2.05, 4.69) is 15.7 Å². The van der Waals surface area contributed by atoms with Crippen LogP contribution in [0, 0.1) is 19.7 Å². The summed E-state index contributed by atoms with van der Waals surface area (Å²) in [5.41, 5.74) is 3.26. The lowest BCUT2D eigenvalue weighted by atomic mass is 10.2. The molecular weight excluding hydrogens is 283 g/mol. The highest BCUT2D eigenvalue weighted by molar-refractivity contribution is 5.90. The molecule has 0 aliphatic carbocycles. The van der Waals surface area contributed by atoms with E-state index in [1.807, 2.05) is 32.4 Å². The van der Waals surface area contributed by atoms with Crippen LogP contribution >= 0.6 is 0 Å². The van der Waals surface area contributed by atoms with Gasteiger partial charge in [-0.25, -0.2) is 9.18 Å². The number of urea groups is 1. The molecule has 0 atom stereocenters. The first-order valence-corrected chi connectivity index (χ1v) is 7.23. The normalized spacial score (nSPS) is 10.8. The van der Waals surface area contributed by atoms with Gasteiger partial charge in [0.25, 0.3) is 0 Å². The number of hydrogen-bond donors (Lipinski definition) is 2. The third-order valence-corrected chi connectivity index (χ3v) is 3.42. The summed E-state index contributed by atoms with van der Waals surface area (Å²) in [6.45, 7) is 8.20. The molecule has 1 heterocycles. The summed E-state index contributed by atoms with van der Waals surface area (Å²) in [4.78, 5) is 12.0. The molecule has 0 unspecified atom stereocenters. The second-order valence-electron chi connectivity index (χ2n) is 5.52. The Morgan fingerprint density at radius 3 is 2.45 bits per heavy atom. The molecule has 0 bridgehead atoms. The van der Waals surface area contributed by atoms with Crippen LogP contribution in [0.5, 0.6) is 0 Å². The third-order valence-electron chi connectivity index (χ3n) is 3.42. The molecule has 2 N–H and O–H groups in total. The van der Waals surface area contributed by atoms with Gasteiger partial charge in [0.15, 0.2) is 0 Å². The Bertz CT molecular complexity index is 662. The summed E-state index contributed by atoms with van der Waals surface area (Å²) in [5.74, 6) is -0.291. The lowest BCUT2D eigenvalue weighted by molar-refractivity contribution is 0.251. The predicted octanol–water partition coefficient (Wildman–Crippen LogP) is 3.54. The maximum atomic E-state index is 12.8. The molecule has 2 aromatic rings. The Morgan fingerprint density at radius 1 is 1.27 bits per heavy atom. The van der Waals surface area contributed by atoms with E-state index in [0.717, 1.165) is 22.6 Å². The molecule has 0 aliphatic heterocycles. The van der Waals surface area contributed by atoms with Crippen molar-refractivity contribution >= 4 is 11.7 Å². The van der Waals surface area contributed by atoms with Crippen molar-refractivity contribution in [3.8, 4) is 0 Å². The number of carbonyl (C=O) groups is 1. The van der Waals surface area contributed by atoms with Gasteiger partial charge in [-0.2, -0.15) is 5.10 Å². The van der Waals surface area contributed by atoms with Crippen molar-refractivity contribution in [1.82, 2.24) is 15.1 Å². The van der Waals surface area contributed by atoms with Gasteiger partial charge in [-0.1, -0.05) is 12.1 Å². The van der Waals surface area contributed by atoms with Crippen LogP contribution in [0.3, 0.4) is 0 Å². The van der Waals surface area contributed by atoms with Gasteiger partial charge in [0, 0.05) is 12.6 Å². The molecule has 0 saturated heterocycles. The van der Waals surface area contributed by atoms with Gasteiger partial charge < -0.3 is 10.6 Å². The predicted molar refractivity (Wildman–Crippen MR) is 84.3 cm³/mol. The molecular formula is C16H21FN4O. The van der Waals surface area contributed by atoms with Crippen LogP contribution < -0.4 is 10.6 Å². The van der Waals surface area contributed by atoms with Crippen molar-refractivity contribution < 1.29 is 9.18 Å². The molecule has 1 aromatic heterocycles. The summed E-state index contributed by atoms with van der Waals surface area (Å²) in [7, 11) is 0. The molecule has 118 valence electrons. The molecule has 0 fully saturated rings. The number of aromatic nitrogens is 2. The summed E-state index contributed by atoms with van der Waals surface area (Å²) in [6.07, 6.45) is 0. The van der Waals surface area contributed by atoms with E-state index in [4.69, 9.17) is 0 Å². The molecule has 0 saturated carbocycles. The van der Waals surface area contributed by atoms with Crippen molar-refractivity contribution in [2.24, 2.45) is 0 Å². The minimum atomic E-state index is -0.307. The van der Waals surface area contributed by atoms with E-state index < -0.39 is 0 Å². The van der Waals surface area contributed by atoms with Crippen molar-refractivity contribution in [3.63, 3.8) is 0 Å². The van der Waals surface area contributed by atoms with Gasteiger partial charge in [0.2, 0.25) is 0 Å². The van der Waals surface area contributed by atoms with Crippen molar-refractivity contribution in [2.75, 3.05) is 5.32 Å². The van der Waals surface area contributed by atoms with E-state index in [1.54, 1.807) is 12.1 Å². The largest absolute Gasteiger partial charge is 0.334 e. The smallest absolute Gasteiger partial charge is 0.319 e. The van der Waals surface area contributed by atoms with Crippen molar-refractivity contribution in [3.05, 3.63) is 47.0 Å². The number of hydrogen-bond acceptors (Lipinski definition) is 2. The Morgan fingerprint density at radius 2 is 1.91 bits per heavy atom. The fourth-order valence-electron chi connectivity index (χ4n) is 2.29. The highest BCUT2D eigenvalue weighted by Gasteiger charge is 2.15. The lowest BCUT2D eigenvalue weighted by Crippen LogP contribution is -2.28. The third kappa shape index (κ3) is 3.63. The molecule has 0 radical (unpaired) electrons. The highest BCUT2D eigenvalue weighted by atomic mass is 19.1. The maximum absolute atomic E-state index is 12.8. The molecule has 22 heavy (non-hydrogen) atoms. The molecule has 2 amide bonds. The number of rotatable bonds is 4. The highest BCUT2D eigenvalue weighted by Crippen LogP contribution is 2.22. The van der Waals surface area contributed by atoms with Crippen molar-refractivity contribution in [2.45, 2.75) is 40.3 Å². The number of aryl methyl sites for hydroxylation is 1. The van der Waals surface area contributed by atoms with E-state index in [9.17, 15) is 9.18 Å². The molecule has 1 aromatic carbocycles. The number of anilines is 1. The standard InChI is InChI=1S/C16H21FN4O/c1-10(2)21-12(4)15(11(3)20-21)19-16(22)18-9-13-5-7-14(17)8-6-13/h5-8,10H,9H2,1-4H3,(H2,18,19,22). The summed E-state index contributed by atoms with van der Waals surface area (Å²) < 4.78 is 14.7. The first-order chi connectivity index (χ1) is 10.4. The number of benzene rings is 1. The zero-order valence-electron chi connectivity index (χ0n) is 13.3. The van der Waals surface area contributed by atoms with Crippen LogP contribution in [0.15, 0.2) is 24.3 Å². The van der Waals surface area contributed by atoms with E-state index in [-0.39, 0.29) is 17.9 Å². The van der Waals surface area contributed by atoms with Gasteiger partial charge in [0.05, 0.1) is 17.1 Å². The number of nitrogens with one attached hydrogen (secondary N) is 2. The van der Waals surface area contributed by atoms with Crippen LogP contribution in [-0.2, 0) is 6.54 Å². The SMILES string of the molecule is Cc1nn(C(C)C)c(C)c1NC(=O)NCc1ccc(F)cc1. The molecule has 0 aliphatic rings. The van der Waals surface area contributed by atoms with Crippen LogP contribution in [0.25, 0.3) is 0 Å². The van der Waals surface area contributed by atoms with Crippen LogP contribution in [0.2, 0.25) is 0 Å². The second-order valence-corrected chi connectivity index (χ2v) is 5.52. The van der Waals surface area contributed by atoms with Crippen LogP contribution in [-0.4, -0.2) is 15.8 Å². The Labute approximate surface area is 129 Å². The number of amides is 2. The molecule has 6 heteroatoms. The van der Waals surface area contributed by atoms with E-state index >= 15 is 0 Å². The van der Waals surface area contributed by atoms with Gasteiger partial charge in [0.1, 0.15) is 5.82 Å². The summed E-state index contributed by atoms with van der Waals surface area (Å²) in [6, 6.07) is 5.95. The average molecular weight is 304 g/mol. The number of carbonyl (C=O) groups excluding carboxylic acids is 1. The second kappa shape index (κ2) is 6.60. The van der Waals surface area contributed by atoms with Crippen LogP contribution in [0.1, 0.15) is 36.8 Å². The molecule has 2 rings (SSSR count). The molecule has 5 nitrogen and oxygen atoms in total. The quantitative estimate of drug-likeness (QED) is 0.907. The lowest BCUT2D eigenvalue weighted by Gasteiger charge is -2.10. The number of nitrogens with zero attached hydrogens (tertiary/aromatic N) is 2. The van der Waals surface area contributed by atoms with Gasteiger partial charge in [-0.3, -0.25) is 4.68 Å². The zero-order chi connectivity index (χ0) is 16.3. The van der Waals surface area contributed by atoms with Gasteiger partial charge in [-0.15, -0.1) is 0 Å². The minimum Gasteiger partial charge on any atom is -0.334 e. The molecule has 0 spiro atoms. The fraction of sp³-hybridized carbons (Fsp3) is 0.375. The van der Waals surface area contributed by atoms with Crippen LogP contribution in [0.4, 0.5) is 14.9 Å². The summed E-state index contributed by atoms with van der Waals surface area (Å²) >= 11 is 0. The Kier molecular flexibility index (Phi) is 4.80. The number of halogens is 1. The van der Waals surface area contributed by atoms with E-state index in [1.165, 1.54) is 12.1 Å². The fourth-order valence-corrected chi connectivity index (χ4v) is 2.29. The van der Waals surface area contributed by atoms with Gasteiger partial charge in [-0.05, 0) is 45.4 Å². The van der Waals surface area contributed by atoms with E-state index in [0.29, 0.717) is 6.54 Å². The van der Waals surface area contributed by atoms with Gasteiger partial charge >= 0.3 is 6.03 Å².